The Hall–Kier alpha value is -0.180. The maximum Gasteiger partial charge on any atom is 0.352 e. The molecule has 0 aromatic heterocycles. The second kappa shape index (κ2) is 1.51. The molecule has 6 heavy (non-hydrogen) atoms. The zero-order valence-corrected chi connectivity index (χ0v) is 3.66. The van der Waals surface area contributed by atoms with Gasteiger partial charge in [0, 0.05) is 14.0 Å². The van der Waals surface area contributed by atoms with Crippen molar-refractivity contribution >= 4 is 0 Å². The molecule has 0 unspecified atom stereocenters. The average Bonchev–Trinajstić information content (AvgIpc) is 1.35. The van der Waals surface area contributed by atoms with Crippen LogP contribution in [0.1, 0.15) is 6.92 Å². The third-order valence-corrected chi connectivity index (χ3v) is 0.358. The monoisotopic (exact) mass is 96.0 g/mol. The van der Waals surface area contributed by atoms with Gasteiger partial charge in [-0.2, -0.15) is 8.78 Å². The van der Waals surface area contributed by atoms with E-state index in [4.69, 9.17) is 0 Å². The minimum Gasteiger partial charge on any atom is -0.324 e. The van der Waals surface area contributed by atoms with Crippen LogP contribution in [-0.2, 0) is 4.74 Å². The predicted octanol–water partition coefficient (Wildman–Crippen LogP) is 1.25. The van der Waals surface area contributed by atoms with Gasteiger partial charge in [0.1, 0.15) is 0 Å². The van der Waals surface area contributed by atoms with E-state index in [9.17, 15) is 8.78 Å². The first-order valence-electron chi connectivity index (χ1n) is 1.49. The van der Waals surface area contributed by atoms with E-state index < -0.39 is 6.11 Å². The van der Waals surface area contributed by atoms with E-state index in [1.54, 1.807) is 0 Å². The highest BCUT2D eigenvalue weighted by Crippen LogP contribution is 2.09. The summed E-state index contributed by atoms with van der Waals surface area (Å²) in [5.74, 6) is 0. The number of halogens is 2. The Morgan fingerprint density at radius 2 is 1.67 bits per heavy atom. The van der Waals surface area contributed by atoms with Gasteiger partial charge in [0.2, 0.25) is 0 Å². The van der Waals surface area contributed by atoms with E-state index in [-0.39, 0.29) is 0 Å². The lowest BCUT2D eigenvalue weighted by molar-refractivity contribution is -0.205. The standard InChI is InChI=1S/C3H6F2O/c1-3(4,5)6-2/h1-2H3. The molecule has 0 aliphatic carbocycles. The Bertz CT molecular complexity index is 38.5. The maximum atomic E-state index is 11.2. The topological polar surface area (TPSA) is 9.23 Å². The summed E-state index contributed by atoms with van der Waals surface area (Å²) in [7, 11) is 0.958. The predicted molar refractivity (Wildman–Crippen MR) is 17.6 cm³/mol. The third kappa shape index (κ3) is 3.82. The van der Waals surface area contributed by atoms with Crippen molar-refractivity contribution in [1.29, 1.82) is 0 Å². The first-order chi connectivity index (χ1) is 2.56. The van der Waals surface area contributed by atoms with Crippen LogP contribution < -0.4 is 0 Å². The van der Waals surface area contributed by atoms with Gasteiger partial charge in [0.15, 0.2) is 0 Å². The molecule has 0 saturated carbocycles. The molecule has 0 radical (unpaired) electrons. The van der Waals surface area contributed by atoms with Gasteiger partial charge in [-0.25, -0.2) is 0 Å². The summed E-state index contributed by atoms with van der Waals surface area (Å²) >= 11 is 0. The first-order valence-corrected chi connectivity index (χ1v) is 1.49. The van der Waals surface area contributed by atoms with Crippen LogP contribution in [0.2, 0.25) is 0 Å². The zero-order valence-electron chi connectivity index (χ0n) is 3.66. The molecule has 0 rings (SSSR count). The number of methoxy groups -OCH3 is 1. The van der Waals surface area contributed by atoms with Crippen LogP contribution in [0, 0.1) is 0 Å². The smallest absolute Gasteiger partial charge is 0.324 e. The fourth-order valence-electron chi connectivity index (χ4n) is 0. The normalized spacial score (nSPS) is 12.0. The highest BCUT2D eigenvalue weighted by atomic mass is 19.3. The molecule has 0 atom stereocenters. The zero-order chi connectivity index (χ0) is 5.21. The van der Waals surface area contributed by atoms with Crippen molar-refractivity contribution in [2.24, 2.45) is 0 Å². The molecule has 0 fully saturated rings. The highest BCUT2D eigenvalue weighted by Gasteiger charge is 2.17. The molecule has 0 bridgehead atoms. The fourth-order valence-corrected chi connectivity index (χ4v) is 0. The van der Waals surface area contributed by atoms with Crippen molar-refractivity contribution in [3.05, 3.63) is 0 Å². The molecule has 0 heterocycles. The highest BCUT2D eigenvalue weighted by molar-refractivity contribution is 4.30. The molecule has 1 nitrogen and oxygen atoms in total. The molecule has 0 saturated heterocycles. The molecule has 3 heteroatoms. The van der Waals surface area contributed by atoms with E-state index in [2.05, 4.69) is 4.74 Å². The minimum absolute atomic E-state index is 0.688. The van der Waals surface area contributed by atoms with Crippen LogP contribution in [-0.4, -0.2) is 13.2 Å². The van der Waals surface area contributed by atoms with Gasteiger partial charge in [-0.1, -0.05) is 0 Å². The number of hydrogen-bond donors (Lipinski definition) is 0. The second-order valence-corrected chi connectivity index (χ2v) is 1.01. The number of hydrogen-bond acceptors (Lipinski definition) is 1. The van der Waals surface area contributed by atoms with Gasteiger partial charge in [0.25, 0.3) is 0 Å². The molecular weight excluding hydrogens is 90.0 g/mol. The fraction of sp³-hybridized carbons (Fsp3) is 1.00. The van der Waals surface area contributed by atoms with Crippen molar-refractivity contribution in [2.75, 3.05) is 7.11 Å². The Labute approximate surface area is 34.9 Å². The second-order valence-electron chi connectivity index (χ2n) is 1.01. The summed E-state index contributed by atoms with van der Waals surface area (Å²) in [6.45, 7) is 0.688. The Balaban J connectivity index is 3.17. The number of ether oxygens (including phenoxy) is 1. The number of rotatable bonds is 1. The van der Waals surface area contributed by atoms with E-state index in [0.717, 1.165) is 7.11 Å². The van der Waals surface area contributed by atoms with Gasteiger partial charge in [-0.3, -0.25) is 0 Å². The largest absolute Gasteiger partial charge is 0.352 e. The van der Waals surface area contributed by atoms with Crippen molar-refractivity contribution < 1.29 is 13.5 Å². The van der Waals surface area contributed by atoms with Crippen LogP contribution in [0.25, 0.3) is 0 Å². The van der Waals surface area contributed by atoms with Crippen LogP contribution >= 0.6 is 0 Å². The molecule has 0 amide bonds. The van der Waals surface area contributed by atoms with Gasteiger partial charge in [0.05, 0.1) is 0 Å². The van der Waals surface area contributed by atoms with Crippen LogP contribution in [0.3, 0.4) is 0 Å². The molecule has 0 aromatic rings. The van der Waals surface area contributed by atoms with Gasteiger partial charge < -0.3 is 4.74 Å². The SMILES string of the molecule is COC(C)(F)F. The van der Waals surface area contributed by atoms with Gasteiger partial charge in [-0.15, -0.1) is 0 Å². The molecule has 0 aliphatic rings. The molecule has 0 N–H and O–H groups in total. The van der Waals surface area contributed by atoms with Crippen molar-refractivity contribution in [3.8, 4) is 0 Å². The van der Waals surface area contributed by atoms with E-state index in [1.165, 1.54) is 0 Å². The van der Waals surface area contributed by atoms with Crippen molar-refractivity contribution in [3.63, 3.8) is 0 Å². The lowest BCUT2D eigenvalue weighted by Gasteiger charge is -2.03. The molecular formula is C3H6F2O. The number of alkyl halides is 2. The Morgan fingerprint density at radius 3 is 1.67 bits per heavy atom. The minimum atomic E-state index is -2.96. The Morgan fingerprint density at radius 1 is 1.50 bits per heavy atom. The lowest BCUT2D eigenvalue weighted by Crippen LogP contribution is -2.10. The van der Waals surface area contributed by atoms with E-state index in [0.29, 0.717) is 6.92 Å². The Kier molecular flexibility index (Phi) is 1.47. The maximum absolute atomic E-state index is 11.2. The van der Waals surface area contributed by atoms with E-state index in [1.807, 2.05) is 0 Å². The van der Waals surface area contributed by atoms with Crippen LogP contribution in [0.5, 0.6) is 0 Å². The first kappa shape index (κ1) is 5.82. The quantitative estimate of drug-likeness (QED) is 0.477. The van der Waals surface area contributed by atoms with E-state index >= 15 is 0 Å². The van der Waals surface area contributed by atoms with Crippen molar-refractivity contribution in [2.45, 2.75) is 13.0 Å². The van der Waals surface area contributed by atoms with Gasteiger partial charge in [-0.05, 0) is 0 Å². The third-order valence-electron chi connectivity index (χ3n) is 0.358. The average molecular weight is 96.1 g/mol. The lowest BCUT2D eigenvalue weighted by atomic mass is 10.8. The van der Waals surface area contributed by atoms with Crippen LogP contribution in [0.15, 0.2) is 0 Å². The molecule has 0 spiro atoms. The summed E-state index contributed by atoms with van der Waals surface area (Å²) in [5, 5.41) is 0. The summed E-state index contributed by atoms with van der Waals surface area (Å²) in [5.41, 5.74) is 0. The van der Waals surface area contributed by atoms with Crippen molar-refractivity contribution in [1.82, 2.24) is 0 Å². The summed E-state index contributed by atoms with van der Waals surface area (Å²) in [6, 6.07) is 0. The summed E-state index contributed by atoms with van der Waals surface area (Å²) in [6.07, 6.45) is -2.96. The van der Waals surface area contributed by atoms with Crippen LogP contribution in [0.4, 0.5) is 8.78 Å². The summed E-state index contributed by atoms with van der Waals surface area (Å²) in [4.78, 5) is 0. The molecule has 0 aliphatic heterocycles. The summed E-state index contributed by atoms with van der Waals surface area (Å²) < 4.78 is 26.1. The molecule has 38 valence electrons. The van der Waals surface area contributed by atoms with Gasteiger partial charge >= 0.3 is 6.11 Å². The molecule has 0 aromatic carbocycles.